The Morgan fingerprint density at radius 3 is 2.67 bits per heavy atom. The van der Waals surface area contributed by atoms with Gasteiger partial charge < -0.3 is 9.84 Å². The molecule has 0 aliphatic carbocycles. The number of para-hydroxylation sites is 1. The highest BCUT2D eigenvalue weighted by Gasteiger charge is 2.27. The molecule has 2 aromatic carbocycles. The van der Waals surface area contributed by atoms with E-state index < -0.39 is 0 Å². The molecule has 1 aliphatic heterocycles. The number of piperidine rings is 1. The lowest BCUT2D eigenvalue weighted by molar-refractivity contribution is -0.121. The molecule has 0 radical (unpaired) electrons. The van der Waals surface area contributed by atoms with Gasteiger partial charge in [0.05, 0.1) is 12.5 Å². The van der Waals surface area contributed by atoms with E-state index in [1.807, 2.05) is 44.2 Å². The van der Waals surface area contributed by atoms with Gasteiger partial charge in [-0.15, -0.1) is 0 Å². The summed E-state index contributed by atoms with van der Waals surface area (Å²) in [6.45, 7) is 6.16. The summed E-state index contributed by atoms with van der Waals surface area (Å²) >= 11 is 5.94. The van der Waals surface area contributed by atoms with Crippen LogP contribution in [0, 0.1) is 19.8 Å². The number of aromatic nitrogens is 2. The van der Waals surface area contributed by atoms with E-state index in [9.17, 15) is 4.79 Å². The smallest absolute Gasteiger partial charge is 0.241 e. The van der Waals surface area contributed by atoms with Crippen molar-refractivity contribution >= 4 is 23.2 Å². The van der Waals surface area contributed by atoms with Crippen molar-refractivity contribution in [3.63, 3.8) is 0 Å². The molecule has 0 spiro atoms. The molecule has 2 heterocycles. The molecule has 4 rings (SSSR count). The summed E-state index contributed by atoms with van der Waals surface area (Å²) in [4.78, 5) is 19.6. The summed E-state index contributed by atoms with van der Waals surface area (Å²) in [5.41, 5.74) is 3.94. The van der Waals surface area contributed by atoms with Gasteiger partial charge in [0.1, 0.15) is 0 Å². The van der Waals surface area contributed by atoms with E-state index in [0.717, 1.165) is 41.8 Å². The van der Waals surface area contributed by atoms with Crippen LogP contribution in [0.1, 0.15) is 29.9 Å². The molecule has 1 unspecified atom stereocenters. The zero-order valence-electron chi connectivity index (χ0n) is 17.2. The number of amides is 1. The topological polar surface area (TPSA) is 71.3 Å². The summed E-state index contributed by atoms with van der Waals surface area (Å²) in [7, 11) is 0. The predicted molar refractivity (Wildman–Crippen MR) is 117 cm³/mol. The van der Waals surface area contributed by atoms with Gasteiger partial charge in [0.25, 0.3) is 0 Å². The first-order valence-corrected chi connectivity index (χ1v) is 10.6. The van der Waals surface area contributed by atoms with E-state index in [1.54, 1.807) is 12.1 Å². The molecule has 30 heavy (non-hydrogen) atoms. The van der Waals surface area contributed by atoms with Crippen LogP contribution in [0.4, 0.5) is 5.69 Å². The molecule has 1 atom stereocenters. The number of likely N-dealkylation sites (tertiary alicyclic amines) is 1. The number of hydrogen-bond acceptors (Lipinski definition) is 5. The summed E-state index contributed by atoms with van der Waals surface area (Å²) < 4.78 is 5.44. The molecular formula is C23H25ClN4O2. The van der Waals surface area contributed by atoms with Crippen LogP contribution in [0.15, 0.2) is 47.0 Å². The standard InChI is InChI=1S/C23H25ClN4O2/c1-15-5-3-6-16(2)21(15)26-23(29)18-7-4-12-28(13-18)14-20-25-22(27-30-20)17-8-10-19(24)11-9-17/h3,5-6,8-11,18H,4,7,12-14H2,1-2H3,(H,26,29). The van der Waals surface area contributed by atoms with Crippen LogP contribution in [0.5, 0.6) is 0 Å². The van der Waals surface area contributed by atoms with Gasteiger partial charge in [0, 0.05) is 22.8 Å². The van der Waals surface area contributed by atoms with E-state index in [4.69, 9.17) is 16.1 Å². The van der Waals surface area contributed by atoms with E-state index in [-0.39, 0.29) is 11.8 Å². The van der Waals surface area contributed by atoms with Crippen LogP contribution in [0.25, 0.3) is 11.4 Å². The number of nitrogens with zero attached hydrogens (tertiary/aromatic N) is 3. The van der Waals surface area contributed by atoms with Gasteiger partial charge in [-0.2, -0.15) is 4.98 Å². The minimum atomic E-state index is -0.0589. The van der Waals surface area contributed by atoms with Crippen LogP contribution in [-0.2, 0) is 11.3 Å². The average Bonchev–Trinajstić information content (AvgIpc) is 3.20. The summed E-state index contributed by atoms with van der Waals surface area (Å²) in [6, 6.07) is 13.4. The van der Waals surface area contributed by atoms with E-state index in [2.05, 4.69) is 20.4 Å². The van der Waals surface area contributed by atoms with Crippen molar-refractivity contribution in [1.82, 2.24) is 15.0 Å². The lowest BCUT2D eigenvalue weighted by atomic mass is 9.96. The van der Waals surface area contributed by atoms with Crippen molar-refractivity contribution < 1.29 is 9.32 Å². The largest absolute Gasteiger partial charge is 0.338 e. The zero-order valence-corrected chi connectivity index (χ0v) is 17.9. The van der Waals surface area contributed by atoms with Crippen LogP contribution < -0.4 is 5.32 Å². The third-order valence-corrected chi connectivity index (χ3v) is 5.79. The number of carbonyl (C=O) groups excluding carboxylic acids is 1. The highest BCUT2D eigenvalue weighted by Crippen LogP contribution is 2.24. The van der Waals surface area contributed by atoms with Gasteiger partial charge in [-0.3, -0.25) is 9.69 Å². The molecule has 1 aliphatic rings. The highest BCUT2D eigenvalue weighted by molar-refractivity contribution is 6.30. The molecule has 1 saturated heterocycles. The lowest BCUT2D eigenvalue weighted by Gasteiger charge is -2.31. The van der Waals surface area contributed by atoms with Crippen molar-refractivity contribution in [3.05, 3.63) is 64.5 Å². The minimum absolute atomic E-state index is 0.0589. The van der Waals surface area contributed by atoms with Crippen molar-refractivity contribution in [2.75, 3.05) is 18.4 Å². The average molecular weight is 425 g/mol. The van der Waals surface area contributed by atoms with Crippen molar-refractivity contribution in [1.29, 1.82) is 0 Å². The van der Waals surface area contributed by atoms with Crippen LogP contribution in [0.3, 0.4) is 0 Å². The number of rotatable bonds is 5. The quantitative estimate of drug-likeness (QED) is 0.633. The summed E-state index contributed by atoms with van der Waals surface area (Å²) in [5, 5.41) is 7.88. The van der Waals surface area contributed by atoms with Gasteiger partial charge in [-0.05, 0) is 68.6 Å². The molecule has 7 heteroatoms. The number of halogens is 1. The van der Waals surface area contributed by atoms with Crippen LogP contribution in [0.2, 0.25) is 5.02 Å². The first-order chi connectivity index (χ1) is 14.5. The molecular weight excluding hydrogens is 400 g/mol. The predicted octanol–water partition coefficient (Wildman–Crippen LogP) is 4.86. The second-order valence-electron chi connectivity index (χ2n) is 7.85. The first kappa shape index (κ1) is 20.6. The maximum Gasteiger partial charge on any atom is 0.241 e. The fraction of sp³-hybridized carbons (Fsp3) is 0.348. The second kappa shape index (κ2) is 8.98. The van der Waals surface area contributed by atoms with Gasteiger partial charge in [-0.25, -0.2) is 0 Å². The Balaban J connectivity index is 1.38. The van der Waals surface area contributed by atoms with Crippen LogP contribution in [-0.4, -0.2) is 34.0 Å². The lowest BCUT2D eigenvalue weighted by Crippen LogP contribution is -2.40. The van der Waals surface area contributed by atoms with Gasteiger partial charge >= 0.3 is 0 Å². The Labute approximate surface area is 181 Å². The maximum atomic E-state index is 12.9. The minimum Gasteiger partial charge on any atom is -0.338 e. The number of nitrogens with one attached hydrogen (secondary N) is 1. The Kier molecular flexibility index (Phi) is 6.16. The van der Waals surface area contributed by atoms with Gasteiger partial charge in [-0.1, -0.05) is 35.0 Å². The first-order valence-electron chi connectivity index (χ1n) is 10.2. The molecule has 156 valence electrons. The molecule has 3 aromatic rings. The Bertz CT molecular complexity index is 1010. The Morgan fingerprint density at radius 1 is 1.20 bits per heavy atom. The molecule has 6 nitrogen and oxygen atoms in total. The molecule has 1 fully saturated rings. The SMILES string of the molecule is Cc1cccc(C)c1NC(=O)C1CCCN(Cc2nc(-c3ccc(Cl)cc3)no2)C1. The van der Waals surface area contributed by atoms with E-state index in [0.29, 0.717) is 29.8 Å². The molecule has 0 bridgehead atoms. The number of benzene rings is 2. The fourth-order valence-electron chi connectivity index (χ4n) is 3.88. The molecule has 0 saturated carbocycles. The second-order valence-corrected chi connectivity index (χ2v) is 8.29. The van der Waals surface area contributed by atoms with Gasteiger partial charge in [0.2, 0.25) is 17.6 Å². The van der Waals surface area contributed by atoms with E-state index in [1.165, 1.54) is 0 Å². The number of anilines is 1. The Morgan fingerprint density at radius 2 is 1.93 bits per heavy atom. The maximum absolute atomic E-state index is 12.9. The number of carbonyl (C=O) groups is 1. The Hall–Kier alpha value is -2.70. The van der Waals surface area contributed by atoms with Crippen molar-refractivity contribution in [2.24, 2.45) is 5.92 Å². The third-order valence-electron chi connectivity index (χ3n) is 5.54. The fourth-order valence-corrected chi connectivity index (χ4v) is 4.00. The summed E-state index contributed by atoms with van der Waals surface area (Å²) in [6.07, 6.45) is 1.84. The molecule has 1 N–H and O–H groups in total. The number of hydrogen-bond donors (Lipinski definition) is 1. The summed E-state index contributed by atoms with van der Waals surface area (Å²) in [5.74, 6) is 1.11. The van der Waals surface area contributed by atoms with E-state index >= 15 is 0 Å². The molecule has 1 amide bonds. The van der Waals surface area contributed by atoms with Crippen molar-refractivity contribution in [2.45, 2.75) is 33.2 Å². The number of aryl methyl sites for hydroxylation is 2. The van der Waals surface area contributed by atoms with Crippen LogP contribution >= 0.6 is 11.6 Å². The third kappa shape index (κ3) is 4.71. The van der Waals surface area contributed by atoms with Crippen molar-refractivity contribution in [3.8, 4) is 11.4 Å². The monoisotopic (exact) mass is 424 g/mol. The zero-order chi connectivity index (χ0) is 21.1. The highest BCUT2D eigenvalue weighted by atomic mass is 35.5. The van der Waals surface area contributed by atoms with Gasteiger partial charge in [0.15, 0.2) is 0 Å². The normalized spacial score (nSPS) is 17.1. The molecule has 1 aromatic heterocycles.